The zero-order chi connectivity index (χ0) is 10.4. The first-order chi connectivity index (χ1) is 6.74. The maximum Gasteiger partial charge on any atom is 0.251 e. The summed E-state index contributed by atoms with van der Waals surface area (Å²) in [6.07, 6.45) is 3.44. The molecule has 1 aromatic rings. The van der Waals surface area contributed by atoms with Crippen LogP contribution in [0.5, 0.6) is 0 Å². The first-order valence-corrected chi connectivity index (χ1v) is 5.59. The third-order valence-corrected chi connectivity index (χ3v) is 2.24. The van der Waals surface area contributed by atoms with Crippen LogP contribution in [0, 0.1) is 0 Å². The van der Waals surface area contributed by atoms with Crippen molar-refractivity contribution in [1.29, 1.82) is 0 Å². The molecule has 0 aromatic carbocycles. The van der Waals surface area contributed by atoms with Crippen LogP contribution in [0.25, 0.3) is 0 Å². The fraction of sp³-hybridized carbons (Fsp3) is 0.333. The number of thioether (sulfide) groups is 1. The largest absolute Gasteiger partial charge is 0.351 e. The molecule has 0 unspecified atom stereocenters. The van der Waals surface area contributed by atoms with E-state index in [4.69, 9.17) is 0 Å². The number of hydrogen-bond donors (Lipinski definition) is 2. The Morgan fingerprint density at radius 3 is 3.07 bits per heavy atom. The van der Waals surface area contributed by atoms with Gasteiger partial charge in [0.25, 0.3) is 5.91 Å². The molecular weight excluding hydrogens is 200 g/mol. The number of carbonyl (C=O) groups excluding carboxylic acids is 1. The molecule has 5 heteroatoms. The van der Waals surface area contributed by atoms with Crippen LogP contribution < -0.4 is 10.9 Å². The van der Waals surface area contributed by atoms with E-state index in [1.807, 2.05) is 6.26 Å². The Balaban J connectivity index is 2.56. The normalized spacial score (nSPS) is 9.79. The van der Waals surface area contributed by atoms with E-state index in [0.717, 1.165) is 5.75 Å². The average Bonchev–Trinajstić information content (AvgIpc) is 2.18. The Bertz CT molecular complexity index is 362. The SMILES string of the molecule is CSCCNC(=O)c1cc[nH]c(=O)c1. The van der Waals surface area contributed by atoms with E-state index in [0.29, 0.717) is 12.1 Å². The second-order valence-electron chi connectivity index (χ2n) is 2.69. The number of H-pyrrole nitrogens is 1. The summed E-state index contributed by atoms with van der Waals surface area (Å²) in [5.41, 5.74) is 0.136. The predicted octanol–water partition coefficient (Wildman–Crippen LogP) is 0.468. The van der Waals surface area contributed by atoms with Crippen molar-refractivity contribution in [3.63, 3.8) is 0 Å². The lowest BCUT2D eigenvalue weighted by molar-refractivity contribution is 0.0956. The maximum absolute atomic E-state index is 11.4. The molecule has 2 N–H and O–H groups in total. The smallest absolute Gasteiger partial charge is 0.251 e. The summed E-state index contributed by atoms with van der Waals surface area (Å²) in [5.74, 6) is 0.666. The topological polar surface area (TPSA) is 62.0 Å². The zero-order valence-electron chi connectivity index (χ0n) is 7.87. The van der Waals surface area contributed by atoms with E-state index in [9.17, 15) is 9.59 Å². The van der Waals surface area contributed by atoms with Gasteiger partial charge >= 0.3 is 0 Å². The lowest BCUT2D eigenvalue weighted by Gasteiger charge is -2.02. The predicted molar refractivity (Wildman–Crippen MR) is 57.8 cm³/mol. The number of aromatic nitrogens is 1. The molecule has 0 saturated carbocycles. The Hall–Kier alpha value is -1.23. The highest BCUT2D eigenvalue weighted by Crippen LogP contribution is 1.93. The lowest BCUT2D eigenvalue weighted by atomic mass is 10.2. The van der Waals surface area contributed by atoms with Crippen LogP contribution in [0.2, 0.25) is 0 Å². The van der Waals surface area contributed by atoms with Gasteiger partial charge in [0.1, 0.15) is 0 Å². The van der Waals surface area contributed by atoms with Crippen molar-refractivity contribution in [1.82, 2.24) is 10.3 Å². The summed E-state index contributed by atoms with van der Waals surface area (Å²) in [6.45, 7) is 0.618. The molecule has 1 aromatic heterocycles. The van der Waals surface area contributed by atoms with Crippen LogP contribution in [0.3, 0.4) is 0 Å². The highest BCUT2D eigenvalue weighted by Gasteiger charge is 2.03. The van der Waals surface area contributed by atoms with Crippen molar-refractivity contribution >= 4 is 17.7 Å². The van der Waals surface area contributed by atoms with Gasteiger partial charge in [0, 0.05) is 30.1 Å². The number of pyridine rings is 1. The molecule has 0 radical (unpaired) electrons. The molecule has 0 spiro atoms. The van der Waals surface area contributed by atoms with Gasteiger partial charge in [-0.15, -0.1) is 0 Å². The number of carbonyl (C=O) groups is 1. The fourth-order valence-electron chi connectivity index (χ4n) is 0.955. The molecule has 0 aliphatic carbocycles. The van der Waals surface area contributed by atoms with Gasteiger partial charge in [-0.2, -0.15) is 11.8 Å². The van der Waals surface area contributed by atoms with Gasteiger partial charge in [-0.05, 0) is 12.3 Å². The third-order valence-electron chi connectivity index (χ3n) is 1.63. The second kappa shape index (κ2) is 5.49. The summed E-state index contributed by atoms with van der Waals surface area (Å²) in [4.78, 5) is 24.7. The quantitative estimate of drug-likeness (QED) is 0.713. The monoisotopic (exact) mass is 212 g/mol. The molecule has 1 amide bonds. The van der Waals surface area contributed by atoms with Crippen molar-refractivity contribution < 1.29 is 4.79 Å². The lowest BCUT2D eigenvalue weighted by Crippen LogP contribution is -2.26. The Labute approximate surface area is 86.1 Å². The van der Waals surface area contributed by atoms with Crippen molar-refractivity contribution in [3.8, 4) is 0 Å². The molecule has 1 rings (SSSR count). The molecular formula is C9H12N2O2S. The van der Waals surface area contributed by atoms with E-state index in [-0.39, 0.29) is 11.5 Å². The molecule has 4 nitrogen and oxygen atoms in total. The van der Waals surface area contributed by atoms with Gasteiger partial charge in [-0.3, -0.25) is 9.59 Å². The van der Waals surface area contributed by atoms with Crippen molar-refractivity contribution in [2.75, 3.05) is 18.6 Å². The summed E-state index contributed by atoms with van der Waals surface area (Å²) in [6, 6.07) is 2.87. The van der Waals surface area contributed by atoms with Gasteiger partial charge in [0.15, 0.2) is 0 Å². The summed E-state index contributed by atoms with van der Waals surface area (Å²) in [5, 5.41) is 2.71. The number of rotatable bonds is 4. The molecule has 0 fully saturated rings. The standard InChI is InChI=1S/C9H12N2O2S/c1-14-5-4-11-9(13)7-2-3-10-8(12)6-7/h2-3,6H,4-5H2,1H3,(H,10,12)(H,11,13). The van der Waals surface area contributed by atoms with Crippen LogP contribution in [0.1, 0.15) is 10.4 Å². The fourth-order valence-corrected chi connectivity index (χ4v) is 1.26. The number of amides is 1. The zero-order valence-corrected chi connectivity index (χ0v) is 8.69. The van der Waals surface area contributed by atoms with E-state index in [1.54, 1.807) is 17.8 Å². The van der Waals surface area contributed by atoms with Crippen LogP contribution in [0.15, 0.2) is 23.1 Å². The highest BCUT2D eigenvalue weighted by molar-refractivity contribution is 7.98. The van der Waals surface area contributed by atoms with Gasteiger partial charge in [0.05, 0.1) is 0 Å². The molecule has 0 aliphatic rings. The second-order valence-corrected chi connectivity index (χ2v) is 3.68. The summed E-state index contributed by atoms with van der Waals surface area (Å²) in [7, 11) is 0. The summed E-state index contributed by atoms with van der Waals surface area (Å²) < 4.78 is 0. The van der Waals surface area contributed by atoms with Crippen LogP contribution in [-0.4, -0.2) is 29.4 Å². The van der Waals surface area contributed by atoms with Crippen LogP contribution in [0.4, 0.5) is 0 Å². The number of aromatic amines is 1. The van der Waals surface area contributed by atoms with Crippen LogP contribution in [-0.2, 0) is 0 Å². The van der Waals surface area contributed by atoms with Crippen molar-refractivity contribution in [3.05, 3.63) is 34.2 Å². The van der Waals surface area contributed by atoms with Crippen molar-refractivity contribution in [2.45, 2.75) is 0 Å². The molecule has 0 atom stereocenters. The summed E-state index contributed by atoms with van der Waals surface area (Å²) >= 11 is 1.66. The number of nitrogens with one attached hydrogen (secondary N) is 2. The minimum Gasteiger partial charge on any atom is -0.351 e. The van der Waals surface area contributed by atoms with E-state index < -0.39 is 0 Å². The molecule has 1 heterocycles. The van der Waals surface area contributed by atoms with Gasteiger partial charge < -0.3 is 10.3 Å². The molecule has 0 saturated heterocycles. The first kappa shape index (κ1) is 10.8. The molecule has 76 valence electrons. The van der Waals surface area contributed by atoms with Gasteiger partial charge in [0.2, 0.25) is 5.56 Å². The van der Waals surface area contributed by atoms with E-state index in [1.165, 1.54) is 12.3 Å². The Morgan fingerprint density at radius 2 is 2.43 bits per heavy atom. The first-order valence-electron chi connectivity index (χ1n) is 4.20. The van der Waals surface area contributed by atoms with Gasteiger partial charge in [-0.1, -0.05) is 0 Å². The highest BCUT2D eigenvalue weighted by atomic mass is 32.2. The molecule has 0 bridgehead atoms. The Morgan fingerprint density at radius 1 is 1.64 bits per heavy atom. The van der Waals surface area contributed by atoms with E-state index in [2.05, 4.69) is 10.3 Å². The minimum atomic E-state index is -0.262. The minimum absolute atomic E-state index is 0.204. The average molecular weight is 212 g/mol. The maximum atomic E-state index is 11.4. The van der Waals surface area contributed by atoms with Gasteiger partial charge in [-0.25, -0.2) is 0 Å². The third kappa shape index (κ3) is 3.26. The van der Waals surface area contributed by atoms with Crippen LogP contribution >= 0.6 is 11.8 Å². The Kier molecular flexibility index (Phi) is 4.25. The molecule has 0 aliphatic heterocycles. The number of hydrogen-bond acceptors (Lipinski definition) is 3. The molecule has 14 heavy (non-hydrogen) atoms. The van der Waals surface area contributed by atoms with Crippen molar-refractivity contribution in [2.24, 2.45) is 0 Å². The van der Waals surface area contributed by atoms with E-state index >= 15 is 0 Å².